The van der Waals surface area contributed by atoms with Crippen LogP contribution in [0.2, 0.25) is 0 Å². The molecule has 0 heterocycles. The average molecular weight is 284 g/mol. The minimum Gasteiger partial charge on any atom is -0.508 e. The molecule has 4 nitrogen and oxygen atoms in total. The van der Waals surface area contributed by atoms with E-state index in [-0.39, 0.29) is 11.7 Å². The number of carbonyl (C=O) groups is 1. The van der Waals surface area contributed by atoms with Gasteiger partial charge in [0.25, 0.3) is 0 Å². The molecule has 21 heavy (non-hydrogen) atoms. The smallest absolute Gasteiger partial charge is 0.222 e. The number of para-hydroxylation sites is 1. The fourth-order valence-electron chi connectivity index (χ4n) is 2.11. The SMILES string of the molecule is CN(Cc1ccccc1O)C(=O)CCc1ccc(N)cc1. The van der Waals surface area contributed by atoms with Crippen LogP contribution in [-0.2, 0) is 17.8 Å². The van der Waals surface area contributed by atoms with Crippen LogP contribution in [0.5, 0.6) is 5.75 Å². The van der Waals surface area contributed by atoms with Crippen LogP contribution in [0.25, 0.3) is 0 Å². The van der Waals surface area contributed by atoms with Gasteiger partial charge in [0.05, 0.1) is 0 Å². The third-order valence-corrected chi connectivity index (χ3v) is 3.43. The molecule has 0 aliphatic heterocycles. The van der Waals surface area contributed by atoms with E-state index in [0.717, 1.165) is 16.8 Å². The molecule has 2 aromatic carbocycles. The van der Waals surface area contributed by atoms with Crippen LogP contribution in [0, 0.1) is 0 Å². The average Bonchev–Trinajstić information content (AvgIpc) is 2.48. The number of phenolic OH excluding ortho intramolecular Hbond substituents is 1. The first-order valence-corrected chi connectivity index (χ1v) is 6.91. The molecule has 0 aliphatic rings. The summed E-state index contributed by atoms with van der Waals surface area (Å²) in [5.41, 5.74) is 8.20. The predicted octanol–water partition coefficient (Wildman–Crippen LogP) is 2.57. The monoisotopic (exact) mass is 284 g/mol. The van der Waals surface area contributed by atoms with Crippen molar-refractivity contribution in [2.24, 2.45) is 0 Å². The Labute approximate surface area is 124 Å². The van der Waals surface area contributed by atoms with Crippen molar-refractivity contribution in [3.8, 4) is 5.75 Å². The summed E-state index contributed by atoms with van der Waals surface area (Å²) in [5, 5.41) is 9.73. The third kappa shape index (κ3) is 4.24. The van der Waals surface area contributed by atoms with Crippen molar-refractivity contribution in [2.45, 2.75) is 19.4 Å². The van der Waals surface area contributed by atoms with Crippen LogP contribution in [-0.4, -0.2) is 23.0 Å². The zero-order chi connectivity index (χ0) is 15.2. The first-order chi connectivity index (χ1) is 10.1. The largest absolute Gasteiger partial charge is 0.508 e. The van der Waals surface area contributed by atoms with Crippen molar-refractivity contribution in [3.05, 3.63) is 59.7 Å². The first kappa shape index (κ1) is 14.9. The Bertz CT molecular complexity index is 608. The lowest BCUT2D eigenvalue weighted by Gasteiger charge is -2.18. The lowest BCUT2D eigenvalue weighted by Crippen LogP contribution is -2.26. The van der Waals surface area contributed by atoms with Gasteiger partial charge in [0, 0.05) is 31.3 Å². The van der Waals surface area contributed by atoms with Crippen molar-refractivity contribution < 1.29 is 9.90 Å². The van der Waals surface area contributed by atoms with Crippen LogP contribution >= 0.6 is 0 Å². The van der Waals surface area contributed by atoms with Crippen LogP contribution < -0.4 is 5.73 Å². The Balaban J connectivity index is 1.88. The van der Waals surface area contributed by atoms with Crippen molar-refractivity contribution in [1.29, 1.82) is 0 Å². The molecule has 2 rings (SSSR count). The van der Waals surface area contributed by atoms with E-state index in [2.05, 4.69) is 0 Å². The molecule has 0 aromatic heterocycles. The standard InChI is InChI=1S/C17H20N2O2/c1-19(12-14-4-2-3-5-16(14)20)17(21)11-8-13-6-9-15(18)10-7-13/h2-7,9-10,20H,8,11-12,18H2,1H3. The number of aromatic hydroxyl groups is 1. The van der Waals surface area contributed by atoms with Gasteiger partial charge < -0.3 is 15.7 Å². The molecule has 0 unspecified atom stereocenters. The molecule has 0 atom stereocenters. The summed E-state index contributed by atoms with van der Waals surface area (Å²) >= 11 is 0. The van der Waals surface area contributed by atoms with Crippen molar-refractivity contribution in [1.82, 2.24) is 4.90 Å². The van der Waals surface area contributed by atoms with E-state index in [1.807, 2.05) is 36.4 Å². The quantitative estimate of drug-likeness (QED) is 0.829. The molecule has 1 amide bonds. The van der Waals surface area contributed by atoms with Gasteiger partial charge in [-0.2, -0.15) is 0 Å². The molecule has 0 saturated heterocycles. The number of rotatable bonds is 5. The minimum absolute atomic E-state index is 0.0510. The number of amides is 1. The molecular weight excluding hydrogens is 264 g/mol. The number of anilines is 1. The maximum atomic E-state index is 12.1. The molecule has 4 heteroatoms. The zero-order valence-corrected chi connectivity index (χ0v) is 12.1. The Kier molecular flexibility index (Phi) is 4.82. The number of nitrogens with zero attached hydrogens (tertiary/aromatic N) is 1. The van der Waals surface area contributed by atoms with Crippen LogP contribution in [0.15, 0.2) is 48.5 Å². The summed E-state index contributed by atoms with van der Waals surface area (Å²) in [7, 11) is 1.75. The fourth-order valence-corrected chi connectivity index (χ4v) is 2.11. The summed E-state index contributed by atoms with van der Waals surface area (Å²) in [6.07, 6.45) is 1.12. The number of nitrogens with two attached hydrogens (primary N) is 1. The molecule has 0 saturated carbocycles. The summed E-state index contributed by atoms with van der Waals surface area (Å²) in [5.74, 6) is 0.269. The van der Waals surface area contributed by atoms with Gasteiger partial charge in [-0.1, -0.05) is 30.3 Å². The van der Waals surface area contributed by atoms with Crippen LogP contribution in [0.4, 0.5) is 5.69 Å². The topological polar surface area (TPSA) is 66.6 Å². The highest BCUT2D eigenvalue weighted by Crippen LogP contribution is 2.17. The summed E-state index contributed by atoms with van der Waals surface area (Å²) in [4.78, 5) is 13.7. The fraction of sp³-hybridized carbons (Fsp3) is 0.235. The van der Waals surface area contributed by atoms with Gasteiger partial charge in [-0.25, -0.2) is 0 Å². The van der Waals surface area contributed by atoms with Crippen molar-refractivity contribution >= 4 is 11.6 Å². The molecular formula is C17H20N2O2. The van der Waals surface area contributed by atoms with Gasteiger partial charge in [0.1, 0.15) is 5.75 Å². The van der Waals surface area contributed by atoms with E-state index in [0.29, 0.717) is 19.4 Å². The summed E-state index contributed by atoms with van der Waals surface area (Å²) in [6.45, 7) is 0.410. The molecule has 3 N–H and O–H groups in total. The highest BCUT2D eigenvalue weighted by atomic mass is 16.3. The molecule has 2 aromatic rings. The molecule has 0 radical (unpaired) electrons. The van der Waals surface area contributed by atoms with Crippen LogP contribution in [0.1, 0.15) is 17.5 Å². The molecule has 0 bridgehead atoms. The van der Waals surface area contributed by atoms with Gasteiger partial charge in [-0.3, -0.25) is 4.79 Å². The van der Waals surface area contributed by atoms with Crippen molar-refractivity contribution in [3.63, 3.8) is 0 Å². The summed E-state index contributed by atoms with van der Waals surface area (Å²) < 4.78 is 0. The van der Waals surface area contributed by atoms with E-state index in [1.54, 1.807) is 24.1 Å². The second-order valence-electron chi connectivity index (χ2n) is 5.12. The Hall–Kier alpha value is -2.49. The number of phenols is 1. The van der Waals surface area contributed by atoms with Gasteiger partial charge in [0.2, 0.25) is 5.91 Å². The first-order valence-electron chi connectivity index (χ1n) is 6.91. The second-order valence-corrected chi connectivity index (χ2v) is 5.12. The maximum absolute atomic E-state index is 12.1. The predicted molar refractivity (Wildman–Crippen MR) is 83.8 cm³/mol. The Morgan fingerprint density at radius 3 is 2.48 bits per heavy atom. The molecule has 0 aliphatic carbocycles. The Morgan fingerprint density at radius 2 is 1.81 bits per heavy atom. The molecule has 0 fully saturated rings. The number of hydrogen-bond acceptors (Lipinski definition) is 3. The number of nitrogen functional groups attached to an aromatic ring is 1. The number of hydrogen-bond donors (Lipinski definition) is 2. The Morgan fingerprint density at radius 1 is 1.14 bits per heavy atom. The summed E-state index contributed by atoms with van der Waals surface area (Å²) in [6, 6.07) is 14.6. The number of carbonyl (C=O) groups excluding carboxylic acids is 1. The number of aryl methyl sites for hydroxylation is 1. The van der Waals surface area contributed by atoms with Crippen molar-refractivity contribution in [2.75, 3.05) is 12.8 Å². The lowest BCUT2D eigenvalue weighted by atomic mass is 10.1. The molecule has 0 spiro atoms. The van der Waals surface area contributed by atoms with Gasteiger partial charge >= 0.3 is 0 Å². The normalized spacial score (nSPS) is 10.3. The molecule has 110 valence electrons. The van der Waals surface area contributed by atoms with Crippen LogP contribution in [0.3, 0.4) is 0 Å². The van der Waals surface area contributed by atoms with E-state index in [1.165, 1.54) is 0 Å². The van der Waals surface area contributed by atoms with E-state index >= 15 is 0 Å². The second kappa shape index (κ2) is 6.79. The maximum Gasteiger partial charge on any atom is 0.222 e. The van der Waals surface area contributed by atoms with Gasteiger partial charge in [0.15, 0.2) is 0 Å². The number of benzene rings is 2. The van der Waals surface area contributed by atoms with Gasteiger partial charge in [-0.05, 0) is 30.2 Å². The highest BCUT2D eigenvalue weighted by molar-refractivity contribution is 5.76. The van der Waals surface area contributed by atoms with E-state index in [9.17, 15) is 9.90 Å². The third-order valence-electron chi connectivity index (χ3n) is 3.43. The zero-order valence-electron chi connectivity index (χ0n) is 12.1. The minimum atomic E-state index is 0.0510. The van der Waals surface area contributed by atoms with Gasteiger partial charge in [-0.15, -0.1) is 0 Å². The van der Waals surface area contributed by atoms with E-state index in [4.69, 9.17) is 5.73 Å². The van der Waals surface area contributed by atoms with E-state index < -0.39 is 0 Å². The highest BCUT2D eigenvalue weighted by Gasteiger charge is 2.11. The lowest BCUT2D eigenvalue weighted by molar-refractivity contribution is -0.130.